The van der Waals surface area contributed by atoms with Crippen LogP contribution in [0, 0.1) is 0 Å². The fourth-order valence-electron chi connectivity index (χ4n) is 2.52. The lowest BCUT2D eigenvalue weighted by Gasteiger charge is -2.26. The quantitative estimate of drug-likeness (QED) is 0.917. The minimum atomic E-state index is -0.300. The Labute approximate surface area is 124 Å². The van der Waals surface area contributed by atoms with Gasteiger partial charge in [-0.1, -0.05) is 6.92 Å². The minimum absolute atomic E-state index is 0.0291. The molecule has 1 aliphatic rings. The second-order valence-corrected chi connectivity index (χ2v) is 6.18. The Hall–Kier alpha value is -1.91. The number of carbonyl (C=O) groups excluding carboxylic acids is 2. The molecule has 0 unspecified atom stereocenters. The number of pyridine rings is 1. The molecule has 0 saturated carbocycles. The molecule has 5 heteroatoms. The van der Waals surface area contributed by atoms with Gasteiger partial charge in [0, 0.05) is 29.3 Å². The van der Waals surface area contributed by atoms with E-state index in [1.54, 1.807) is 6.07 Å². The average molecular weight is 290 g/mol. The standard InChI is InChI=1S/C16H22N2O3/c1-4-16(2,3)17-14(20)10-18-12-6-5-7-13(19)11(12)8-9-15(18)21/h8-9H,4-7,10H2,1-3H3,(H,17,20). The zero-order valence-corrected chi connectivity index (χ0v) is 12.9. The fourth-order valence-corrected chi connectivity index (χ4v) is 2.52. The van der Waals surface area contributed by atoms with Crippen molar-refractivity contribution in [2.24, 2.45) is 0 Å². The average Bonchev–Trinajstić information content (AvgIpc) is 2.42. The summed E-state index contributed by atoms with van der Waals surface area (Å²) in [5.41, 5.74) is 0.755. The molecule has 2 rings (SSSR count). The molecule has 21 heavy (non-hydrogen) atoms. The molecule has 5 nitrogen and oxygen atoms in total. The third-order valence-electron chi connectivity index (χ3n) is 4.08. The van der Waals surface area contributed by atoms with Gasteiger partial charge in [0.15, 0.2) is 5.78 Å². The van der Waals surface area contributed by atoms with Crippen LogP contribution in [0.5, 0.6) is 0 Å². The minimum Gasteiger partial charge on any atom is -0.350 e. The van der Waals surface area contributed by atoms with E-state index in [9.17, 15) is 14.4 Å². The van der Waals surface area contributed by atoms with Crippen molar-refractivity contribution in [3.63, 3.8) is 0 Å². The number of Topliss-reactive ketones (excluding diaryl/α,β-unsaturated/α-hetero) is 1. The van der Waals surface area contributed by atoms with Crippen molar-refractivity contribution in [3.8, 4) is 0 Å². The normalized spacial score (nSPS) is 14.7. The Bertz CT molecular complexity index is 629. The third-order valence-corrected chi connectivity index (χ3v) is 4.08. The number of rotatable bonds is 4. The molecule has 1 aromatic rings. The van der Waals surface area contributed by atoms with Gasteiger partial charge in [0.05, 0.1) is 0 Å². The second-order valence-electron chi connectivity index (χ2n) is 6.18. The van der Waals surface area contributed by atoms with Gasteiger partial charge in [-0.2, -0.15) is 0 Å². The first kappa shape index (κ1) is 15.5. The van der Waals surface area contributed by atoms with Gasteiger partial charge in [-0.15, -0.1) is 0 Å². The fraction of sp³-hybridized carbons (Fsp3) is 0.562. The number of carbonyl (C=O) groups is 2. The second kappa shape index (κ2) is 5.84. The van der Waals surface area contributed by atoms with Crippen LogP contribution in [0.1, 0.15) is 56.1 Å². The monoisotopic (exact) mass is 290 g/mol. The number of ketones is 1. The van der Waals surface area contributed by atoms with Crippen LogP contribution in [0.2, 0.25) is 0 Å². The van der Waals surface area contributed by atoms with E-state index in [-0.39, 0.29) is 29.3 Å². The maximum Gasteiger partial charge on any atom is 0.251 e. The van der Waals surface area contributed by atoms with Crippen molar-refractivity contribution in [1.29, 1.82) is 0 Å². The first-order chi connectivity index (χ1) is 9.84. The Kier molecular flexibility index (Phi) is 4.30. The highest BCUT2D eigenvalue weighted by atomic mass is 16.2. The van der Waals surface area contributed by atoms with Gasteiger partial charge in [0.25, 0.3) is 5.56 Å². The van der Waals surface area contributed by atoms with Crippen molar-refractivity contribution in [3.05, 3.63) is 33.7 Å². The number of hydrogen-bond acceptors (Lipinski definition) is 3. The SMILES string of the molecule is CCC(C)(C)NC(=O)Cn1c2c(ccc1=O)C(=O)CCC2. The molecular weight excluding hydrogens is 268 g/mol. The van der Waals surface area contributed by atoms with E-state index in [4.69, 9.17) is 0 Å². The van der Waals surface area contributed by atoms with Crippen LogP contribution in [0.4, 0.5) is 0 Å². The summed E-state index contributed by atoms with van der Waals surface area (Å²) in [7, 11) is 0. The van der Waals surface area contributed by atoms with Crippen LogP contribution in [-0.2, 0) is 17.8 Å². The van der Waals surface area contributed by atoms with Crippen LogP contribution in [-0.4, -0.2) is 21.8 Å². The van der Waals surface area contributed by atoms with E-state index >= 15 is 0 Å². The highest BCUT2D eigenvalue weighted by Gasteiger charge is 2.23. The number of nitrogens with one attached hydrogen (secondary N) is 1. The van der Waals surface area contributed by atoms with Gasteiger partial charge in [-0.3, -0.25) is 14.4 Å². The van der Waals surface area contributed by atoms with Crippen molar-refractivity contribution < 1.29 is 9.59 Å². The van der Waals surface area contributed by atoms with Gasteiger partial charge in [-0.05, 0) is 39.2 Å². The molecule has 0 saturated heterocycles. The zero-order valence-electron chi connectivity index (χ0n) is 12.9. The van der Waals surface area contributed by atoms with Crippen LogP contribution < -0.4 is 10.9 Å². The van der Waals surface area contributed by atoms with Gasteiger partial charge in [-0.25, -0.2) is 0 Å². The van der Waals surface area contributed by atoms with Gasteiger partial charge >= 0.3 is 0 Å². The van der Waals surface area contributed by atoms with E-state index in [1.165, 1.54) is 10.6 Å². The van der Waals surface area contributed by atoms with Gasteiger partial charge < -0.3 is 9.88 Å². The molecule has 0 aliphatic heterocycles. The topological polar surface area (TPSA) is 68.2 Å². The number of amides is 1. The summed E-state index contributed by atoms with van der Waals surface area (Å²) in [6.45, 7) is 5.85. The van der Waals surface area contributed by atoms with Crippen molar-refractivity contribution >= 4 is 11.7 Å². The maximum atomic E-state index is 12.2. The van der Waals surface area contributed by atoms with E-state index in [2.05, 4.69) is 5.32 Å². The lowest BCUT2D eigenvalue weighted by Crippen LogP contribution is -2.45. The van der Waals surface area contributed by atoms with Crippen LogP contribution in [0.3, 0.4) is 0 Å². The Morgan fingerprint density at radius 1 is 1.29 bits per heavy atom. The van der Waals surface area contributed by atoms with E-state index < -0.39 is 0 Å². The Balaban J connectivity index is 2.28. The highest BCUT2D eigenvalue weighted by Crippen LogP contribution is 2.19. The smallest absolute Gasteiger partial charge is 0.251 e. The van der Waals surface area contributed by atoms with Crippen molar-refractivity contribution in [2.45, 2.75) is 58.5 Å². The molecular formula is C16H22N2O3. The molecule has 0 bridgehead atoms. The molecule has 1 amide bonds. The molecule has 1 heterocycles. The molecule has 0 fully saturated rings. The summed E-state index contributed by atoms with van der Waals surface area (Å²) in [6, 6.07) is 2.96. The predicted molar refractivity (Wildman–Crippen MR) is 80.5 cm³/mol. The molecule has 0 radical (unpaired) electrons. The molecule has 114 valence electrons. The molecule has 1 N–H and O–H groups in total. The van der Waals surface area contributed by atoms with Gasteiger partial charge in [0.2, 0.25) is 5.91 Å². The highest BCUT2D eigenvalue weighted by molar-refractivity contribution is 5.98. The Morgan fingerprint density at radius 2 is 2.00 bits per heavy atom. The number of hydrogen-bond donors (Lipinski definition) is 1. The summed E-state index contributed by atoms with van der Waals surface area (Å²) in [5, 5.41) is 2.92. The summed E-state index contributed by atoms with van der Waals surface area (Å²) in [6.07, 6.45) is 2.72. The largest absolute Gasteiger partial charge is 0.350 e. The molecule has 1 aliphatic carbocycles. The van der Waals surface area contributed by atoms with Gasteiger partial charge in [0.1, 0.15) is 6.54 Å². The predicted octanol–water partition coefficient (Wildman–Crippen LogP) is 1.67. The lowest BCUT2D eigenvalue weighted by molar-refractivity contribution is -0.123. The summed E-state index contributed by atoms with van der Waals surface area (Å²) < 4.78 is 1.44. The van der Waals surface area contributed by atoms with E-state index in [1.807, 2.05) is 20.8 Å². The number of nitrogens with zero attached hydrogens (tertiary/aromatic N) is 1. The first-order valence-electron chi connectivity index (χ1n) is 7.41. The summed E-state index contributed by atoms with van der Waals surface area (Å²) in [4.78, 5) is 36.1. The first-order valence-corrected chi connectivity index (χ1v) is 7.41. The summed E-state index contributed by atoms with van der Waals surface area (Å²) >= 11 is 0. The summed E-state index contributed by atoms with van der Waals surface area (Å²) in [5.74, 6) is -0.144. The van der Waals surface area contributed by atoms with Crippen molar-refractivity contribution in [1.82, 2.24) is 9.88 Å². The number of fused-ring (bicyclic) bond motifs is 1. The number of aromatic nitrogens is 1. The molecule has 0 atom stereocenters. The van der Waals surface area contributed by atoms with Crippen LogP contribution >= 0.6 is 0 Å². The van der Waals surface area contributed by atoms with Crippen LogP contribution in [0.15, 0.2) is 16.9 Å². The zero-order chi connectivity index (χ0) is 15.6. The van der Waals surface area contributed by atoms with Crippen molar-refractivity contribution in [2.75, 3.05) is 0 Å². The molecule has 0 spiro atoms. The maximum absolute atomic E-state index is 12.2. The molecule has 1 aromatic heterocycles. The molecule has 0 aromatic carbocycles. The lowest BCUT2D eigenvalue weighted by atomic mass is 9.94. The van der Waals surface area contributed by atoms with E-state index in [0.29, 0.717) is 24.1 Å². The van der Waals surface area contributed by atoms with E-state index in [0.717, 1.165) is 12.8 Å². The van der Waals surface area contributed by atoms with Crippen LogP contribution in [0.25, 0.3) is 0 Å². The third kappa shape index (κ3) is 3.40. The Morgan fingerprint density at radius 3 is 2.67 bits per heavy atom.